The molecule has 1 aliphatic rings. The number of nitrogens with one attached hydrogen (secondary N) is 1. The fraction of sp³-hybridized carbons (Fsp3) is 0.0800. The molecular weight excluding hydrogens is 484 g/mol. The van der Waals surface area contributed by atoms with E-state index in [0.29, 0.717) is 11.4 Å². The van der Waals surface area contributed by atoms with Gasteiger partial charge in [-0.3, -0.25) is 4.72 Å². The summed E-state index contributed by atoms with van der Waals surface area (Å²) in [5.41, 5.74) is 1.03. The maximum atomic E-state index is 13.1. The number of anilines is 2. The Bertz CT molecular complexity index is 1470. The fourth-order valence-electron chi connectivity index (χ4n) is 3.50. The van der Waals surface area contributed by atoms with E-state index in [4.69, 9.17) is 9.47 Å². The Kier molecular flexibility index (Phi) is 7.02. The Morgan fingerprint density at radius 3 is 2.22 bits per heavy atom. The van der Waals surface area contributed by atoms with Gasteiger partial charge in [-0.2, -0.15) is 5.10 Å². The minimum atomic E-state index is -3.97. The van der Waals surface area contributed by atoms with Crippen molar-refractivity contribution in [2.75, 3.05) is 23.8 Å². The molecule has 36 heavy (non-hydrogen) atoms. The summed E-state index contributed by atoms with van der Waals surface area (Å²) in [6.45, 7) is 0. The van der Waals surface area contributed by atoms with Crippen molar-refractivity contribution in [3.63, 3.8) is 0 Å². The molecule has 3 aromatic rings. The van der Waals surface area contributed by atoms with Crippen LogP contribution in [0.1, 0.15) is 0 Å². The van der Waals surface area contributed by atoms with Crippen molar-refractivity contribution in [3.05, 3.63) is 103 Å². The number of allylic oxidation sites excluding steroid dienone is 2. The number of aromatic nitrogens is 2. The molecule has 10 nitrogen and oxygen atoms in total. The molecule has 0 atom stereocenters. The van der Waals surface area contributed by atoms with Crippen molar-refractivity contribution >= 4 is 33.5 Å². The maximum Gasteiger partial charge on any atom is 0.355 e. The Morgan fingerprint density at radius 1 is 0.861 bits per heavy atom. The molecule has 0 saturated heterocycles. The van der Waals surface area contributed by atoms with Crippen LogP contribution in [-0.4, -0.2) is 44.4 Å². The predicted octanol–water partition coefficient (Wildman–Crippen LogP) is 3.16. The second kappa shape index (κ2) is 10.3. The van der Waals surface area contributed by atoms with E-state index >= 15 is 0 Å². The smallest absolute Gasteiger partial charge is 0.355 e. The SMILES string of the molecule is COC(=O)C1=C(C(=O)OC)N(c2ccc(S(=O)(=O)Nc3ccnn3-c3ccccc3)cc2)C=CC=C1. The number of methoxy groups -OCH3 is 2. The standard InChI is InChI=1S/C25H22N4O6S/c1-34-24(30)21-10-6-7-17-28(23(21)25(31)35-2)18-11-13-20(14-12-18)36(32,33)27-22-15-16-26-29(22)19-8-4-3-5-9-19/h3-17,27H,1-2H3. The molecule has 0 amide bonds. The topological polar surface area (TPSA) is 120 Å². The number of para-hydroxylation sites is 1. The number of carbonyl (C=O) groups excluding carboxylic acids is 2. The predicted molar refractivity (Wildman–Crippen MR) is 133 cm³/mol. The summed E-state index contributed by atoms with van der Waals surface area (Å²) in [7, 11) is -1.57. The van der Waals surface area contributed by atoms with E-state index in [-0.39, 0.29) is 22.0 Å². The molecule has 2 heterocycles. The van der Waals surface area contributed by atoms with E-state index in [2.05, 4.69) is 9.82 Å². The fourth-order valence-corrected chi connectivity index (χ4v) is 4.55. The van der Waals surface area contributed by atoms with Crippen LogP contribution in [0.3, 0.4) is 0 Å². The monoisotopic (exact) mass is 506 g/mol. The van der Waals surface area contributed by atoms with Gasteiger partial charge in [0.25, 0.3) is 10.0 Å². The van der Waals surface area contributed by atoms with Crippen LogP contribution in [0.4, 0.5) is 11.5 Å². The first-order valence-corrected chi connectivity index (χ1v) is 12.1. The number of ether oxygens (including phenoxy) is 2. The van der Waals surface area contributed by atoms with Gasteiger partial charge in [0.15, 0.2) is 0 Å². The zero-order valence-corrected chi connectivity index (χ0v) is 20.2. The maximum absolute atomic E-state index is 13.1. The molecule has 1 aromatic heterocycles. The molecule has 0 radical (unpaired) electrons. The van der Waals surface area contributed by atoms with Crippen molar-refractivity contribution in [3.8, 4) is 5.69 Å². The van der Waals surface area contributed by atoms with Gasteiger partial charge in [0.05, 0.1) is 36.6 Å². The third-order valence-electron chi connectivity index (χ3n) is 5.20. The lowest BCUT2D eigenvalue weighted by atomic mass is 10.1. The molecule has 2 aromatic carbocycles. The van der Waals surface area contributed by atoms with Crippen LogP contribution in [0.15, 0.2) is 107 Å². The lowest BCUT2D eigenvalue weighted by Crippen LogP contribution is -2.27. The van der Waals surface area contributed by atoms with Crippen molar-refractivity contribution in [2.45, 2.75) is 4.90 Å². The highest BCUT2D eigenvalue weighted by molar-refractivity contribution is 7.92. The Labute approximate surface area is 207 Å². The first-order chi connectivity index (χ1) is 17.4. The van der Waals surface area contributed by atoms with Gasteiger partial charge in [-0.1, -0.05) is 24.3 Å². The van der Waals surface area contributed by atoms with Gasteiger partial charge in [0.1, 0.15) is 11.5 Å². The molecule has 4 rings (SSSR count). The zero-order chi connectivity index (χ0) is 25.7. The van der Waals surface area contributed by atoms with Gasteiger partial charge >= 0.3 is 11.9 Å². The first-order valence-electron chi connectivity index (χ1n) is 10.6. The summed E-state index contributed by atoms with van der Waals surface area (Å²) in [4.78, 5) is 26.3. The summed E-state index contributed by atoms with van der Waals surface area (Å²) in [6, 6.07) is 16.5. The Hall–Kier alpha value is -4.64. The third kappa shape index (κ3) is 4.91. The van der Waals surface area contributed by atoms with E-state index in [9.17, 15) is 18.0 Å². The molecule has 0 bridgehead atoms. The quantitative estimate of drug-likeness (QED) is 0.486. The van der Waals surface area contributed by atoms with Gasteiger partial charge < -0.3 is 14.4 Å². The first kappa shape index (κ1) is 24.5. The van der Waals surface area contributed by atoms with E-state index in [1.165, 1.54) is 60.3 Å². The summed E-state index contributed by atoms with van der Waals surface area (Å²) in [5.74, 6) is -1.22. The number of sulfonamides is 1. The normalized spacial score (nSPS) is 13.3. The molecule has 0 fully saturated rings. The number of hydrogen-bond donors (Lipinski definition) is 1. The minimum Gasteiger partial charge on any atom is -0.465 e. The third-order valence-corrected chi connectivity index (χ3v) is 6.57. The summed E-state index contributed by atoms with van der Waals surface area (Å²) in [6.07, 6.45) is 7.68. The molecule has 0 aliphatic carbocycles. The molecule has 0 saturated carbocycles. The highest BCUT2D eigenvalue weighted by atomic mass is 32.2. The van der Waals surface area contributed by atoms with Crippen molar-refractivity contribution in [1.29, 1.82) is 0 Å². The Balaban J connectivity index is 1.65. The second-order valence-electron chi connectivity index (χ2n) is 7.38. The number of nitrogens with zero attached hydrogens (tertiary/aromatic N) is 3. The number of carbonyl (C=O) groups is 2. The largest absolute Gasteiger partial charge is 0.465 e. The van der Waals surface area contributed by atoms with Crippen molar-refractivity contribution < 1.29 is 27.5 Å². The van der Waals surface area contributed by atoms with Crippen LogP contribution in [-0.2, 0) is 29.1 Å². The van der Waals surface area contributed by atoms with E-state index in [1.54, 1.807) is 36.6 Å². The van der Waals surface area contributed by atoms with Crippen molar-refractivity contribution in [2.24, 2.45) is 0 Å². The van der Waals surface area contributed by atoms with Gasteiger partial charge in [0, 0.05) is 18.0 Å². The van der Waals surface area contributed by atoms with E-state index in [1.807, 2.05) is 18.2 Å². The molecule has 11 heteroatoms. The van der Waals surface area contributed by atoms with E-state index in [0.717, 1.165) is 0 Å². The molecule has 1 N–H and O–H groups in total. The second-order valence-corrected chi connectivity index (χ2v) is 9.06. The molecule has 0 unspecified atom stereocenters. The average molecular weight is 507 g/mol. The molecule has 184 valence electrons. The molecular formula is C25H22N4O6S. The highest BCUT2D eigenvalue weighted by Gasteiger charge is 2.28. The van der Waals surface area contributed by atoms with Gasteiger partial charge in [-0.05, 0) is 48.6 Å². The minimum absolute atomic E-state index is 0.0121. The summed E-state index contributed by atoms with van der Waals surface area (Å²) < 4.78 is 39.9. The Morgan fingerprint density at radius 2 is 1.56 bits per heavy atom. The zero-order valence-electron chi connectivity index (χ0n) is 19.4. The van der Waals surface area contributed by atoms with Gasteiger partial charge in [0.2, 0.25) is 0 Å². The molecule has 0 spiro atoms. The van der Waals surface area contributed by atoms with Crippen LogP contribution in [0.25, 0.3) is 5.69 Å². The van der Waals surface area contributed by atoms with Gasteiger partial charge in [-0.25, -0.2) is 22.7 Å². The number of hydrogen-bond acceptors (Lipinski definition) is 8. The van der Waals surface area contributed by atoms with Crippen LogP contribution in [0.2, 0.25) is 0 Å². The number of esters is 2. The van der Waals surface area contributed by atoms with Crippen LogP contribution < -0.4 is 9.62 Å². The van der Waals surface area contributed by atoms with Crippen LogP contribution in [0.5, 0.6) is 0 Å². The lowest BCUT2D eigenvalue weighted by Gasteiger charge is -2.23. The van der Waals surface area contributed by atoms with Crippen molar-refractivity contribution in [1.82, 2.24) is 9.78 Å². The lowest BCUT2D eigenvalue weighted by molar-refractivity contribution is -0.139. The van der Waals surface area contributed by atoms with E-state index < -0.39 is 22.0 Å². The summed E-state index contributed by atoms with van der Waals surface area (Å²) in [5, 5.41) is 4.19. The average Bonchev–Trinajstić information content (AvgIpc) is 3.23. The number of benzene rings is 2. The number of rotatable bonds is 7. The van der Waals surface area contributed by atoms with Crippen LogP contribution >= 0.6 is 0 Å². The van der Waals surface area contributed by atoms with Crippen LogP contribution in [0, 0.1) is 0 Å². The summed E-state index contributed by atoms with van der Waals surface area (Å²) >= 11 is 0. The van der Waals surface area contributed by atoms with Gasteiger partial charge in [-0.15, -0.1) is 0 Å². The molecule has 1 aliphatic heterocycles. The highest BCUT2D eigenvalue weighted by Crippen LogP contribution is 2.28.